The minimum absolute atomic E-state index is 0.476. The number of fused-ring (bicyclic) bond motifs is 1. The average molecular weight is 223 g/mol. The summed E-state index contributed by atoms with van der Waals surface area (Å²) in [6.07, 6.45) is 10.0. The number of H-pyrrole nitrogens is 1. The summed E-state index contributed by atoms with van der Waals surface area (Å²) in [6, 6.07) is 6.44. The first-order valence-corrected chi connectivity index (χ1v) is 6.20. The zero-order valence-corrected chi connectivity index (χ0v) is 10.3. The second-order valence-electron chi connectivity index (χ2n) is 4.81. The Morgan fingerprint density at radius 2 is 2.18 bits per heavy atom. The van der Waals surface area contributed by atoms with Crippen LogP contribution in [0.25, 0.3) is 10.9 Å². The monoisotopic (exact) mass is 223 g/mol. The zero-order valence-electron chi connectivity index (χ0n) is 10.3. The zero-order chi connectivity index (χ0) is 11.8. The third-order valence-electron chi connectivity index (χ3n) is 3.71. The van der Waals surface area contributed by atoms with E-state index in [0.29, 0.717) is 5.92 Å². The second kappa shape index (κ2) is 3.92. The number of rotatable bonds is 2. The largest absolute Gasteiger partial charge is 0.361 e. The van der Waals surface area contributed by atoms with Gasteiger partial charge in [-0.2, -0.15) is 0 Å². The lowest BCUT2D eigenvalue weighted by molar-refractivity contribution is 0.932. The molecule has 17 heavy (non-hydrogen) atoms. The number of aryl methyl sites for hydroxylation is 1. The van der Waals surface area contributed by atoms with E-state index in [9.17, 15) is 0 Å². The first-order chi connectivity index (χ1) is 8.27. The third kappa shape index (κ3) is 1.62. The highest BCUT2D eigenvalue weighted by atomic mass is 14.7. The van der Waals surface area contributed by atoms with Gasteiger partial charge in [0.25, 0.3) is 0 Å². The lowest BCUT2D eigenvalue weighted by Crippen LogP contribution is -1.94. The molecule has 3 rings (SSSR count). The van der Waals surface area contributed by atoms with Crippen molar-refractivity contribution < 1.29 is 0 Å². The van der Waals surface area contributed by atoms with Gasteiger partial charge in [0, 0.05) is 23.0 Å². The van der Waals surface area contributed by atoms with Gasteiger partial charge in [-0.25, -0.2) is 0 Å². The van der Waals surface area contributed by atoms with Crippen LogP contribution in [-0.4, -0.2) is 4.98 Å². The minimum atomic E-state index is 0.476. The number of aromatic nitrogens is 1. The SMILES string of the molecule is Cc1cccc2[nH]cc(C(C)C3=CCC=C3)c12. The maximum Gasteiger partial charge on any atom is 0.0459 e. The molecule has 1 aromatic heterocycles. The number of hydrogen-bond donors (Lipinski definition) is 1. The summed E-state index contributed by atoms with van der Waals surface area (Å²) in [5.74, 6) is 0.476. The summed E-state index contributed by atoms with van der Waals surface area (Å²) < 4.78 is 0. The van der Waals surface area contributed by atoms with Crippen molar-refractivity contribution in [2.45, 2.75) is 26.2 Å². The van der Waals surface area contributed by atoms with Crippen LogP contribution in [0.3, 0.4) is 0 Å². The summed E-state index contributed by atoms with van der Waals surface area (Å²) in [5, 5.41) is 1.39. The molecule has 0 fully saturated rings. The van der Waals surface area contributed by atoms with Crippen LogP contribution in [0, 0.1) is 6.92 Å². The van der Waals surface area contributed by atoms with Crippen LogP contribution in [0.2, 0.25) is 0 Å². The van der Waals surface area contributed by atoms with Crippen molar-refractivity contribution in [1.82, 2.24) is 4.98 Å². The lowest BCUT2D eigenvalue weighted by atomic mass is 9.92. The van der Waals surface area contributed by atoms with E-state index >= 15 is 0 Å². The van der Waals surface area contributed by atoms with E-state index in [4.69, 9.17) is 0 Å². The Labute approximate surface area is 102 Å². The molecule has 2 aromatic rings. The standard InChI is InChI=1S/C16H17N/c1-11-6-5-9-15-16(11)14(10-17-15)12(2)13-7-3-4-8-13/h3,5-10,12,17H,4H2,1-2H3. The van der Waals surface area contributed by atoms with Gasteiger partial charge in [0.05, 0.1) is 0 Å². The molecule has 1 heteroatoms. The van der Waals surface area contributed by atoms with Crippen LogP contribution < -0.4 is 0 Å². The van der Waals surface area contributed by atoms with Crippen molar-refractivity contribution in [1.29, 1.82) is 0 Å². The summed E-state index contributed by atoms with van der Waals surface area (Å²) >= 11 is 0. The number of nitrogens with one attached hydrogen (secondary N) is 1. The van der Waals surface area contributed by atoms with Crippen molar-refractivity contribution in [3.63, 3.8) is 0 Å². The van der Waals surface area contributed by atoms with E-state index in [1.54, 1.807) is 0 Å². The predicted molar refractivity (Wildman–Crippen MR) is 73.3 cm³/mol. The number of hydrogen-bond acceptors (Lipinski definition) is 0. The molecule has 86 valence electrons. The molecule has 1 heterocycles. The molecule has 0 bridgehead atoms. The highest BCUT2D eigenvalue weighted by Crippen LogP contribution is 2.34. The highest BCUT2D eigenvalue weighted by molar-refractivity contribution is 5.87. The molecule has 0 radical (unpaired) electrons. The summed E-state index contributed by atoms with van der Waals surface area (Å²) in [7, 11) is 0. The molecule has 1 aromatic carbocycles. The Bertz CT molecular complexity index is 613. The van der Waals surface area contributed by atoms with Gasteiger partial charge in [-0.1, -0.05) is 37.3 Å². The van der Waals surface area contributed by atoms with Gasteiger partial charge in [-0.05, 0) is 36.1 Å². The minimum Gasteiger partial charge on any atom is -0.361 e. The fourth-order valence-corrected chi connectivity index (χ4v) is 2.72. The van der Waals surface area contributed by atoms with E-state index in [2.05, 4.69) is 61.5 Å². The fourth-order valence-electron chi connectivity index (χ4n) is 2.72. The molecule has 1 atom stereocenters. The number of allylic oxidation sites excluding steroid dienone is 4. The lowest BCUT2D eigenvalue weighted by Gasteiger charge is -2.11. The quantitative estimate of drug-likeness (QED) is 0.773. The molecule has 1 aliphatic carbocycles. The molecule has 0 aliphatic heterocycles. The Hall–Kier alpha value is -1.76. The Kier molecular flexibility index (Phi) is 2.40. The predicted octanol–water partition coefficient (Wildman–Crippen LogP) is 4.47. The molecule has 0 spiro atoms. The average Bonchev–Trinajstić information content (AvgIpc) is 2.98. The topological polar surface area (TPSA) is 15.8 Å². The van der Waals surface area contributed by atoms with E-state index < -0.39 is 0 Å². The van der Waals surface area contributed by atoms with E-state index in [-0.39, 0.29) is 0 Å². The molecule has 1 unspecified atom stereocenters. The normalized spacial score (nSPS) is 16.5. The van der Waals surface area contributed by atoms with Crippen molar-refractivity contribution in [2.75, 3.05) is 0 Å². The van der Waals surface area contributed by atoms with Crippen LogP contribution in [0.1, 0.15) is 30.4 Å². The first-order valence-electron chi connectivity index (χ1n) is 6.20. The van der Waals surface area contributed by atoms with Crippen LogP contribution in [0.4, 0.5) is 0 Å². The summed E-state index contributed by atoms with van der Waals surface area (Å²) in [6.45, 7) is 4.47. The van der Waals surface area contributed by atoms with Crippen LogP contribution >= 0.6 is 0 Å². The van der Waals surface area contributed by atoms with Gasteiger partial charge < -0.3 is 4.98 Å². The van der Waals surface area contributed by atoms with Crippen molar-refractivity contribution >= 4 is 10.9 Å². The van der Waals surface area contributed by atoms with Gasteiger partial charge >= 0.3 is 0 Å². The van der Waals surface area contributed by atoms with Gasteiger partial charge in [0.15, 0.2) is 0 Å². The van der Waals surface area contributed by atoms with E-state index in [1.807, 2.05) is 0 Å². The van der Waals surface area contributed by atoms with Crippen molar-refractivity contribution in [3.05, 3.63) is 59.3 Å². The Morgan fingerprint density at radius 1 is 1.29 bits per heavy atom. The first kappa shape index (κ1) is 10.4. The Morgan fingerprint density at radius 3 is 2.94 bits per heavy atom. The Balaban J connectivity index is 2.14. The maximum atomic E-state index is 3.38. The maximum absolute atomic E-state index is 3.38. The van der Waals surface area contributed by atoms with Crippen LogP contribution in [-0.2, 0) is 0 Å². The van der Waals surface area contributed by atoms with Crippen LogP contribution in [0.5, 0.6) is 0 Å². The van der Waals surface area contributed by atoms with E-state index in [1.165, 1.54) is 27.6 Å². The molecule has 1 N–H and O–H groups in total. The third-order valence-corrected chi connectivity index (χ3v) is 3.71. The molecular weight excluding hydrogens is 206 g/mol. The smallest absolute Gasteiger partial charge is 0.0459 e. The van der Waals surface area contributed by atoms with Gasteiger partial charge in [0.2, 0.25) is 0 Å². The second-order valence-corrected chi connectivity index (χ2v) is 4.81. The molecule has 0 amide bonds. The van der Waals surface area contributed by atoms with Crippen molar-refractivity contribution in [2.24, 2.45) is 0 Å². The molecule has 0 saturated carbocycles. The van der Waals surface area contributed by atoms with E-state index in [0.717, 1.165) is 6.42 Å². The number of benzene rings is 1. The summed E-state index contributed by atoms with van der Waals surface area (Å²) in [5.41, 5.74) is 5.45. The van der Waals surface area contributed by atoms with Crippen molar-refractivity contribution in [3.8, 4) is 0 Å². The molecular formula is C16H17N. The fraction of sp³-hybridized carbons (Fsp3) is 0.250. The van der Waals surface area contributed by atoms with Gasteiger partial charge in [-0.15, -0.1) is 0 Å². The highest BCUT2D eigenvalue weighted by Gasteiger charge is 2.16. The van der Waals surface area contributed by atoms with Crippen LogP contribution in [0.15, 0.2) is 48.2 Å². The molecule has 1 nitrogen and oxygen atoms in total. The molecule has 0 saturated heterocycles. The van der Waals surface area contributed by atoms with Gasteiger partial charge in [-0.3, -0.25) is 0 Å². The summed E-state index contributed by atoms with van der Waals surface area (Å²) in [4.78, 5) is 3.38. The molecule has 1 aliphatic rings. The number of aromatic amines is 1. The van der Waals surface area contributed by atoms with Gasteiger partial charge in [0.1, 0.15) is 0 Å².